The molecule has 0 spiro atoms. The Hall–Kier alpha value is -8.99. The van der Waals surface area contributed by atoms with Crippen molar-refractivity contribution in [3.63, 3.8) is 0 Å². The van der Waals surface area contributed by atoms with Crippen LogP contribution in [0.2, 0.25) is 0 Å². The number of fused-ring (bicyclic) bond motifs is 11. The Kier molecular flexibility index (Phi) is 10.5. The van der Waals surface area contributed by atoms with Crippen LogP contribution in [0.15, 0.2) is 246 Å². The van der Waals surface area contributed by atoms with Gasteiger partial charge in [0.2, 0.25) is 0 Å². The average molecular weight is 978 g/mol. The van der Waals surface area contributed by atoms with Gasteiger partial charge in [0.1, 0.15) is 5.58 Å². The van der Waals surface area contributed by atoms with Crippen LogP contribution in [0.4, 0.5) is 0 Å². The van der Waals surface area contributed by atoms with E-state index in [1.165, 1.54) is 98.7 Å². The lowest BCUT2D eigenvalue weighted by Crippen LogP contribution is -2.18. The van der Waals surface area contributed by atoms with E-state index in [9.17, 15) is 0 Å². The molecule has 4 unspecified atom stereocenters. The summed E-state index contributed by atoms with van der Waals surface area (Å²) in [4.78, 5) is 6.11. The monoisotopic (exact) mass is 977 g/mol. The summed E-state index contributed by atoms with van der Waals surface area (Å²) >= 11 is 0. The third-order valence-electron chi connectivity index (χ3n) is 16.9. The lowest BCUT2D eigenvalue weighted by molar-refractivity contribution is 0.403. The van der Waals surface area contributed by atoms with Crippen molar-refractivity contribution in [1.29, 1.82) is 0 Å². The predicted octanol–water partition coefficient (Wildman–Crippen LogP) is 19.5. The molecule has 3 aromatic heterocycles. The summed E-state index contributed by atoms with van der Waals surface area (Å²) in [5.74, 6) is 0.586. The fraction of sp³-hybridized carbons (Fsp3) is 0.125. The van der Waals surface area contributed by atoms with E-state index in [0.717, 1.165) is 52.6 Å². The third-order valence-corrected chi connectivity index (χ3v) is 16.9. The molecular formula is C72H55N3O. The molecule has 15 rings (SSSR count). The standard InChI is InChI=1S/C72H55N3O/c1-45-32-33-54(55-41-62-57-26-14-16-31-68(57)76-72(62)67(44-55)75-65-42-52-22-11-9-20-50(52)39-60(65)61-40-51-21-10-12-23-53(51)43-66(61)75)38-46(2)71(73-70(45)49-36-34-48(35-37-49)47-18-5-3-6-19-47)59-28-17-30-64-69(59)58-27-13-15-29-63(58)74(64)56-24-7-4-8-25-56/h3-31,34-37,39-46,54,70H,32-33,38H2,1-2H3. The van der Waals surface area contributed by atoms with Crippen LogP contribution in [0.5, 0.6) is 0 Å². The topological polar surface area (TPSA) is 35.4 Å². The van der Waals surface area contributed by atoms with E-state index in [1.54, 1.807) is 0 Å². The number of rotatable bonds is 6. The molecule has 0 N–H and O–H groups in total. The number of aliphatic imine (C=N–C) groups is 1. The van der Waals surface area contributed by atoms with Crippen molar-refractivity contribution in [2.45, 2.75) is 45.1 Å². The van der Waals surface area contributed by atoms with Gasteiger partial charge in [0.15, 0.2) is 5.58 Å². The van der Waals surface area contributed by atoms with Gasteiger partial charge in [0.05, 0.1) is 33.8 Å². The largest absolute Gasteiger partial charge is 0.454 e. The molecule has 0 saturated heterocycles. The number of hydrogen-bond acceptors (Lipinski definition) is 2. The minimum absolute atomic E-state index is 0.0446. The maximum atomic E-state index is 7.07. The van der Waals surface area contributed by atoms with Gasteiger partial charge in [-0.25, -0.2) is 0 Å². The zero-order valence-electron chi connectivity index (χ0n) is 42.7. The maximum Gasteiger partial charge on any atom is 0.159 e. The Morgan fingerprint density at radius 1 is 0.434 bits per heavy atom. The molecule has 11 aromatic carbocycles. The molecule has 1 aliphatic heterocycles. The van der Waals surface area contributed by atoms with Gasteiger partial charge in [-0.1, -0.05) is 184 Å². The minimum atomic E-state index is -0.0446. The highest BCUT2D eigenvalue weighted by molar-refractivity contribution is 6.22. The number of benzene rings is 11. The highest BCUT2D eigenvalue weighted by atomic mass is 16.3. The zero-order valence-corrected chi connectivity index (χ0v) is 42.7. The van der Waals surface area contributed by atoms with Crippen LogP contribution in [0.3, 0.4) is 0 Å². The first-order chi connectivity index (χ1) is 37.5. The van der Waals surface area contributed by atoms with Crippen molar-refractivity contribution in [2.75, 3.05) is 0 Å². The smallest absolute Gasteiger partial charge is 0.159 e. The molecule has 0 radical (unpaired) electrons. The van der Waals surface area contributed by atoms with Gasteiger partial charge < -0.3 is 13.6 Å². The van der Waals surface area contributed by atoms with Crippen LogP contribution in [-0.2, 0) is 0 Å². The van der Waals surface area contributed by atoms with E-state index in [0.29, 0.717) is 0 Å². The SMILES string of the molecule is CC1CC(c2cc(-n3c4cc5ccccc5cc4c4cc5ccccc5cc43)c3oc4ccccc4c3c2)CCC(C)C(c2ccc(-c3ccccc3)cc2)N=C1c1cccc2c1c1ccccc1n2-c1ccccc1. The highest BCUT2D eigenvalue weighted by Crippen LogP contribution is 2.46. The predicted molar refractivity (Wildman–Crippen MR) is 320 cm³/mol. The summed E-state index contributed by atoms with van der Waals surface area (Å²) in [6, 6.07) is 87.3. The Bertz CT molecular complexity index is 4500. The first kappa shape index (κ1) is 44.5. The zero-order chi connectivity index (χ0) is 50.4. The van der Waals surface area contributed by atoms with Crippen molar-refractivity contribution in [2.24, 2.45) is 16.8 Å². The molecule has 4 atom stereocenters. The van der Waals surface area contributed by atoms with E-state index in [-0.39, 0.29) is 23.8 Å². The second-order valence-corrected chi connectivity index (χ2v) is 21.5. The molecular weight excluding hydrogens is 923 g/mol. The molecule has 76 heavy (non-hydrogen) atoms. The maximum absolute atomic E-state index is 7.07. The van der Waals surface area contributed by atoms with Gasteiger partial charge >= 0.3 is 0 Å². The molecule has 1 aliphatic rings. The van der Waals surface area contributed by atoms with Gasteiger partial charge in [-0.3, -0.25) is 4.99 Å². The molecule has 4 nitrogen and oxygen atoms in total. The van der Waals surface area contributed by atoms with E-state index < -0.39 is 0 Å². The number of nitrogens with zero attached hydrogens (tertiary/aromatic N) is 3. The molecule has 0 bridgehead atoms. The Morgan fingerprint density at radius 3 is 1.74 bits per heavy atom. The van der Waals surface area contributed by atoms with Gasteiger partial charge in [-0.05, 0) is 148 Å². The first-order valence-electron chi connectivity index (χ1n) is 27.1. The van der Waals surface area contributed by atoms with Crippen molar-refractivity contribution in [3.8, 4) is 22.5 Å². The molecule has 364 valence electrons. The van der Waals surface area contributed by atoms with E-state index in [2.05, 4.69) is 260 Å². The number of furan rings is 1. The van der Waals surface area contributed by atoms with Gasteiger partial charge in [-0.2, -0.15) is 0 Å². The first-order valence-corrected chi connectivity index (χ1v) is 27.1. The third kappa shape index (κ3) is 7.22. The van der Waals surface area contributed by atoms with E-state index >= 15 is 0 Å². The molecule has 4 heterocycles. The summed E-state index contributed by atoms with van der Waals surface area (Å²) in [5, 5.41) is 12.2. The van der Waals surface area contributed by atoms with E-state index in [1.807, 2.05) is 0 Å². The van der Waals surface area contributed by atoms with Crippen LogP contribution < -0.4 is 0 Å². The van der Waals surface area contributed by atoms with Crippen molar-refractivity contribution in [3.05, 3.63) is 253 Å². The number of hydrogen-bond donors (Lipinski definition) is 0. The molecule has 0 aliphatic carbocycles. The fourth-order valence-electron chi connectivity index (χ4n) is 13.2. The van der Waals surface area contributed by atoms with Gasteiger partial charge in [0, 0.05) is 49.3 Å². The molecule has 0 amide bonds. The number of para-hydroxylation sites is 3. The summed E-state index contributed by atoms with van der Waals surface area (Å²) in [5.41, 5.74) is 16.2. The second kappa shape index (κ2) is 17.9. The average Bonchev–Trinajstić information content (AvgIpc) is 4.31. The lowest BCUT2D eigenvalue weighted by Gasteiger charge is -2.24. The van der Waals surface area contributed by atoms with Crippen molar-refractivity contribution >= 4 is 92.8 Å². The summed E-state index contributed by atoms with van der Waals surface area (Å²) < 4.78 is 12.0. The van der Waals surface area contributed by atoms with Crippen molar-refractivity contribution < 1.29 is 4.42 Å². The molecule has 4 heteroatoms. The summed E-state index contributed by atoms with van der Waals surface area (Å²) in [6.45, 7) is 4.89. The normalized spacial score (nSPS) is 17.5. The Morgan fingerprint density at radius 2 is 1.03 bits per heavy atom. The summed E-state index contributed by atoms with van der Waals surface area (Å²) in [7, 11) is 0. The van der Waals surface area contributed by atoms with Gasteiger partial charge in [0.25, 0.3) is 0 Å². The van der Waals surface area contributed by atoms with Crippen LogP contribution in [-0.4, -0.2) is 14.8 Å². The minimum Gasteiger partial charge on any atom is -0.454 e. The van der Waals surface area contributed by atoms with Crippen LogP contribution in [0, 0.1) is 11.8 Å². The van der Waals surface area contributed by atoms with Crippen LogP contribution in [0.1, 0.15) is 61.8 Å². The van der Waals surface area contributed by atoms with Crippen LogP contribution in [0.25, 0.3) is 110 Å². The summed E-state index contributed by atoms with van der Waals surface area (Å²) in [6.07, 6.45) is 2.97. The fourth-order valence-corrected chi connectivity index (χ4v) is 13.2. The Labute approximate surface area is 441 Å². The highest BCUT2D eigenvalue weighted by Gasteiger charge is 2.31. The molecule has 0 fully saturated rings. The second-order valence-electron chi connectivity index (χ2n) is 21.5. The van der Waals surface area contributed by atoms with E-state index in [4.69, 9.17) is 9.41 Å². The van der Waals surface area contributed by atoms with Crippen LogP contribution >= 0.6 is 0 Å². The molecule has 0 saturated carbocycles. The lowest BCUT2D eigenvalue weighted by atomic mass is 9.81. The number of aromatic nitrogens is 2. The quantitative estimate of drug-likeness (QED) is 0.164. The van der Waals surface area contributed by atoms with Crippen molar-refractivity contribution in [1.82, 2.24) is 9.13 Å². The Balaban J connectivity index is 0.945. The molecule has 14 aromatic rings. The van der Waals surface area contributed by atoms with Gasteiger partial charge in [-0.15, -0.1) is 0 Å².